The summed E-state index contributed by atoms with van der Waals surface area (Å²) < 4.78 is 7.87. The van der Waals surface area contributed by atoms with Gasteiger partial charge in [0, 0.05) is 58.0 Å². The van der Waals surface area contributed by atoms with Crippen LogP contribution >= 0.6 is 11.6 Å². The Morgan fingerprint density at radius 3 is 2.55 bits per heavy atom. The summed E-state index contributed by atoms with van der Waals surface area (Å²) in [6.07, 6.45) is 8.15. The van der Waals surface area contributed by atoms with Crippen molar-refractivity contribution >= 4 is 23.3 Å². The van der Waals surface area contributed by atoms with Gasteiger partial charge >= 0.3 is 0 Å². The number of piperazine rings is 1. The number of rotatable bonds is 3. The number of aryl methyl sites for hydroxylation is 1. The van der Waals surface area contributed by atoms with Crippen molar-refractivity contribution in [3.63, 3.8) is 0 Å². The van der Waals surface area contributed by atoms with Gasteiger partial charge in [-0.15, -0.1) is 0 Å². The van der Waals surface area contributed by atoms with Crippen LogP contribution in [0.4, 0.5) is 0 Å². The van der Waals surface area contributed by atoms with E-state index in [2.05, 4.69) is 38.8 Å². The molecule has 1 aliphatic heterocycles. The van der Waals surface area contributed by atoms with Crippen LogP contribution in [-0.2, 0) is 18.2 Å². The maximum absolute atomic E-state index is 6.31. The molecule has 31 heavy (non-hydrogen) atoms. The molecule has 3 heterocycles. The second-order valence-corrected chi connectivity index (χ2v) is 8.10. The Hall–Kier alpha value is -2.51. The van der Waals surface area contributed by atoms with E-state index in [4.69, 9.17) is 16.3 Å². The summed E-state index contributed by atoms with van der Waals surface area (Å²) >= 11 is 6.31. The van der Waals surface area contributed by atoms with Crippen LogP contribution < -0.4 is 10.6 Å². The first-order chi connectivity index (χ1) is 15.2. The van der Waals surface area contributed by atoms with Crippen molar-refractivity contribution in [1.29, 1.82) is 0 Å². The summed E-state index contributed by atoms with van der Waals surface area (Å²) in [5.74, 6) is 0. The number of fused-ring (bicyclic) bond motifs is 2. The van der Waals surface area contributed by atoms with Crippen molar-refractivity contribution in [3.05, 3.63) is 82.2 Å². The maximum atomic E-state index is 6.31. The van der Waals surface area contributed by atoms with Crippen LogP contribution in [0.5, 0.6) is 0 Å². The fraction of sp³-hybridized carbons (Fsp3) is 0.333. The zero-order valence-corrected chi connectivity index (χ0v) is 18.7. The standard InChI is InChI=1S/C20H18ClN3O.C4H10N2/c1-24-12-22-11-19(24)20(25-2)17-8-14-4-3-7-23-18(14)9-13-5-6-15(21)10-16(13)17;1-2-6-4-3-5-1/h3-8,10-12,20H,9H2,1-2H3;5-6H,1-4H2. The number of halogens is 1. The molecule has 1 aliphatic carbocycles. The molecule has 2 aliphatic rings. The molecule has 1 atom stereocenters. The van der Waals surface area contributed by atoms with E-state index in [0.717, 1.165) is 60.7 Å². The zero-order valence-electron chi connectivity index (χ0n) is 17.9. The van der Waals surface area contributed by atoms with Crippen molar-refractivity contribution in [1.82, 2.24) is 25.2 Å². The minimum atomic E-state index is -0.240. The fourth-order valence-electron chi connectivity index (χ4n) is 3.97. The van der Waals surface area contributed by atoms with Gasteiger partial charge in [0.25, 0.3) is 0 Å². The first-order valence-corrected chi connectivity index (χ1v) is 10.9. The zero-order chi connectivity index (χ0) is 21.6. The van der Waals surface area contributed by atoms with Gasteiger partial charge < -0.3 is 19.9 Å². The molecule has 162 valence electrons. The molecule has 1 fully saturated rings. The fourth-order valence-corrected chi connectivity index (χ4v) is 4.15. The first kappa shape index (κ1) is 21.7. The minimum absolute atomic E-state index is 0.240. The Morgan fingerprint density at radius 2 is 1.90 bits per heavy atom. The van der Waals surface area contributed by atoms with E-state index >= 15 is 0 Å². The quantitative estimate of drug-likeness (QED) is 0.656. The Balaban J connectivity index is 0.000000334. The maximum Gasteiger partial charge on any atom is 0.124 e. The molecule has 0 radical (unpaired) electrons. The van der Waals surface area contributed by atoms with Gasteiger partial charge in [0.05, 0.1) is 23.9 Å². The highest BCUT2D eigenvalue weighted by molar-refractivity contribution is 6.30. The summed E-state index contributed by atoms with van der Waals surface area (Å²) in [5, 5.41) is 7.16. The van der Waals surface area contributed by atoms with E-state index in [1.807, 2.05) is 42.2 Å². The number of pyridine rings is 1. The second-order valence-electron chi connectivity index (χ2n) is 7.66. The number of hydrogen-bond donors (Lipinski definition) is 2. The molecule has 1 unspecified atom stereocenters. The number of aromatic nitrogens is 3. The van der Waals surface area contributed by atoms with Crippen molar-refractivity contribution < 1.29 is 4.74 Å². The SMILES string of the molecule is C1CNCCN1.COC(C1=Cc2cccnc2Cc2ccc(Cl)cc21)c1cncn1C. The van der Waals surface area contributed by atoms with Crippen molar-refractivity contribution in [3.8, 4) is 0 Å². The van der Waals surface area contributed by atoms with Crippen molar-refractivity contribution in [2.24, 2.45) is 7.05 Å². The van der Waals surface area contributed by atoms with Gasteiger partial charge in [0.15, 0.2) is 0 Å². The number of imidazole rings is 1. The van der Waals surface area contributed by atoms with E-state index in [1.165, 1.54) is 5.56 Å². The largest absolute Gasteiger partial charge is 0.370 e. The highest BCUT2D eigenvalue weighted by atomic mass is 35.5. The van der Waals surface area contributed by atoms with Gasteiger partial charge in [-0.05, 0) is 46.5 Å². The predicted octanol–water partition coefficient (Wildman–Crippen LogP) is 3.48. The average Bonchev–Trinajstić information content (AvgIpc) is 3.15. The lowest BCUT2D eigenvalue weighted by atomic mass is 9.93. The van der Waals surface area contributed by atoms with Gasteiger partial charge in [-0.3, -0.25) is 4.98 Å². The molecule has 1 aromatic carbocycles. The number of nitrogens with zero attached hydrogens (tertiary/aromatic N) is 3. The molecular weight excluding hydrogens is 410 g/mol. The van der Waals surface area contributed by atoms with Crippen molar-refractivity contribution in [2.45, 2.75) is 12.5 Å². The van der Waals surface area contributed by atoms with Crippen LogP contribution in [0.1, 0.15) is 34.2 Å². The lowest BCUT2D eigenvalue weighted by Gasteiger charge is -2.21. The molecule has 0 saturated carbocycles. The third kappa shape index (κ3) is 5.05. The molecule has 0 amide bonds. The van der Waals surface area contributed by atoms with Gasteiger partial charge in [-0.1, -0.05) is 23.7 Å². The molecule has 6 nitrogen and oxygen atoms in total. The average molecular weight is 438 g/mol. The number of benzene rings is 1. The van der Waals surface area contributed by atoms with E-state index in [9.17, 15) is 0 Å². The lowest BCUT2D eigenvalue weighted by molar-refractivity contribution is 0.145. The Labute approximate surface area is 188 Å². The molecular formula is C24H28ClN5O. The highest BCUT2D eigenvalue weighted by Gasteiger charge is 2.25. The number of hydrogen-bond acceptors (Lipinski definition) is 5. The Bertz CT molecular complexity index is 1050. The third-order valence-corrected chi connectivity index (χ3v) is 5.81. The summed E-state index contributed by atoms with van der Waals surface area (Å²) in [6, 6.07) is 10.1. The summed E-state index contributed by atoms with van der Waals surface area (Å²) in [6.45, 7) is 4.56. The minimum Gasteiger partial charge on any atom is -0.370 e. The smallest absolute Gasteiger partial charge is 0.124 e. The van der Waals surface area contributed by atoms with Crippen LogP contribution in [0.15, 0.2) is 49.1 Å². The van der Waals surface area contributed by atoms with Crippen LogP contribution in [-0.4, -0.2) is 47.8 Å². The number of nitrogens with one attached hydrogen (secondary N) is 2. The highest BCUT2D eigenvalue weighted by Crippen LogP contribution is 2.39. The van der Waals surface area contributed by atoms with Crippen LogP contribution in [0.25, 0.3) is 11.6 Å². The first-order valence-electron chi connectivity index (χ1n) is 10.5. The number of methoxy groups -OCH3 is 1. The molecule has 5 rings (SSSR count). The normalized spacial score (nSPS) is 16.2. The molecule has 3 aromatic rings. The van der Waals surface area contributed by atoms with Gasteiger partial charge in [-0.25, -0.2) is 4.98 Å². The number of ether oxygens (including phenoxy) is 1. The van der Waals surface area contributed by atoms with Crippen LogP contribution in [0.2, 0.25) is 5.02 Å². The molecule has 7 heteroatoms. The molecule has 2 N–H and O–H groups in total. The molecule has 0 spiro atoms. The van der Waals surface area contributed by atoms with Crippen molar-refractivity contribution in [2.75, 3.05) is 33.3 Å². The summed E-state index contributed by atoms with van der Waals surface area (Å²) in [5.41, 5.74) is 6.51. The van der Waals surface area contributed by atoms with Gasteiger partial charge in [-0.2, -0.15) is 0 Å². The van der Waals surface area contributed by atoms with E-state index < -0.39 is 0 Å². The molecule has 2 aromatic heterocycles. The van der Waals surface area contributed by atoms with Crippen LogP contribution in [0, 0.1) is 0 Å². The van der Waals surface area contributed by atoms with Gasteiger partial charge in [0.1, 0.15) is 6.10 Å². The Morgan fingerprint density at radius 1 is 1.13 bits per heavy atom. The van der Waals surface area contributed by atoms with E-state index in [-0.39, 0.29) is 6.10 Å². The van der Waals surface area contributed by atoms with Gasteiger partial charge in [0.2, 0.25) is 0 Å². The predicted molar refractivity (Wildman–Crippen MR) is 125 cm³/mol. The topological polar surface area (TPSA) is 64.0 Å². The second kappa shape index (κ2) is 10.2. The lowest BCUT2D eigenvalue weighted by Crippen LogP contribution is -2.39. The van der Waals surface area contributed by atoms with Crippen LogP contribution in [0.3, 0.4) is 0 Å². The summed E-state index contributed by atoms with van der Waals surface area (Å²) in [4.78, 5) is 8.81. The van der Waals surface area contributed by atoms with E-state index in [0.29, 0.717) is 5.02 Å². The molecule has 0 bridgehead atoms. The molecule has 1 saturated heterocycles. The van der Waals surface area contributed by atoms with E-state index in [1.54, 1.807) is 13.4 Å². The monoisotopic (exact) mass is 437 g/mol. The Kier molecular flexibility index (Phi) is 7.14. The third-order valence-electron chi connectivity index (χ3n) is 5.58. The summed E-state index contributed by atoms with van der Waals surface area (Å²) in [7, 11) is 3.69.